The molecular weight excluding hydrogens is 202 g/mol. The Kier molecular flexibility index (Phi) is 3.30. The van der Waals surface area contributed by atoms with E-state index in [1.54, 1.807) is 0 Å². The van der Waals surface area contributed by atoms with Crippen LogP contribution in [0.2, 0.25) is 0 Å². The predicted octanol–water partition coefficient (Wildman–Crippen LogP) is 1.34. The predicted molar refractivity (Wildman–Crippen MR) is 63.2 cm³/mol. The van der Waals surface area contributed by atoms with E-state index in [2.05, 4.69) is 29.6 Å². The normalized spacial score (nSPS) is 23.8. The largest absolute Gasteiger partial charge is 0.370 e. The van der Waals surface area contributed by atoms with E-state index in [1.807, 2.05) is 6.33 Å². The van der Waals surface area contributed by atoms with Crippen molar-refractivity contribution >= 4 is 0 Å². The Bertz CT molecular complexity index is 346. The molecule has 1 aromatic heterocycles. The highest BCUT2D eigenvalue weighted by molar-refractivity contribution is 4.97. The number of rotatable bonds is 4. The van der Waals surface area contributed by atoms with Gasteiger partial charge >= 0.3 is 0 Å². The van der Waals surface area contributed by atoms with Crippen molar-refractivity contribution in [3.05, 3.63) is 18.2 Å². The molecule has 1 aliphatic rings. The number of imidazole rings is 1. The van der Waals surface area contributed by atoms with Crippen molar-refractivity contribution in [2.24, 2.45) is 5.73 Å². The van der Waals surface area contributed by atoms with Crippen molar-refractivity contribution in [2.45, 2.75) is 51.4 Å². The van der Waals surface area contributed by atoms with Crippen molar-refractivity contribution in [1.29, 1.82) is 0 Å². The second-order valence-corrected chi connectivity index (χ2v) is 5.14. The molecule has 0 spiro atoms. The summed E-state index contributed by atoms with van der Waals surface area (Å²) < 4.78 is 8.06. The summed E-state index contributed by atoms with van der Waals surface area (Å²) in [7, 11) is 0. The molecule has 1 aromatic rings. The Morgan fingerprint density at radius 3 is 3.06 bits per heavy atom. The van der Waals surface area contributed by atoms with Crippen LogP contribution in [0.1, 0.15) is 32.4 Å². The fourth-order valence-electron chi connectivity index (χ4n) is 2.22. The zero-order valence-electron chi connectivity index (χ0n) is 10.1. The molecule has 0 amide bonds. The highest BCUT2D eigenvalue weighted by Crippen LogP contribution is 2.29. The molecule has 1 fully saturated rings. The molecule has 2 heterocycles. The highest BCUT2D eigenvalue weighted by Gasteiger charge is 2.31. The third kappa shape index (κ3) is 2.83. The van der Waals surface area contributed by atoms with Crippen LogP contribution in [0, 0.1) is 0 Å². The number of nitrogens with two attached hydrogens (primary N) is 1. The van der Waals surface area contributed by atoms with Crippen LogP contribution in [-0.4, -0.2) is 27.8 Å². The van der Waals surface area contributed by atoms with Crippen LogP contribution in [-0.2, 0) is 17.7 Å². The molecule has 0 aromatic carbocycles. The Morgan fingerprint density at radius 2 is 2.44 bits per heavy atom. The molecule has 2 N–H and O–H groups in total. The summed E-state index contributed by atoms with van der Waals surface area (Å²) in [6, 6.07) is 0. The average molecular weight is 223 g/mol. The average Bonchev–Trinajstić information content (AvgIpc) is 2.75. The lowest BCUT2D eigenvalue weighted by molar-refractivity contribution is -0.0217. The lowest BCUT2D eigenvalue weighted by atomic mass is 10.1. The van der Waals surface area contributed by atoms with Gasteiger partial charge in [0.05, 0.1) is 23.7 Å². The smallest absolute Gasteiger partial charge is 0.0950 e. The quantitative estimate of drug-likeness (QED) is 0.838. The summed E-state index contributed by atoms with van der Waals surface area (Å²) in [4.78, 5) is 4.31. The molecule has 0 aliphatic carbocycles. The van der Waals surface area contributed by atoms with Crippen LogP contribution in [0.3, 0.4) is 0 Å². The van der Waals surface area contributed by atoms with Gasteiger partial charge in [0.1, 0.15) is 0 Å². The van der Waals surface area contributed by atoms with Crippen LogP contribution in [0.4, 0.5) is 0 Å². The number of hydrogen-bond acceptors (Lipinski definition) is 3. The zero-order valence-corrected chi connectivity index (χ0v) is 10.1. The minimum Gasteiger partial charge on any atom is -0.370 e. The van der Waals surface area contributed by atoms with Crippen molar-refractivity contribution < 1.29 is 4.74 Å². The van der Waals surface area contributed by atoms with E-state index >= 15 is 0 Å². The van der Waals surface area contributed by atoms with E-state index in [0.29, 0.717) is 12.6 Å². The fraction of sp³-hybridized carbons (Fsp3) is 0.750. The summed E-state index contributed by atoms with van der Waals surface area (Å²) >= 11 is 0. The van der Waals surface area contributed by atoms with Gasteiger partial charge in [-0.25, -0.2) is 4.98 Å². The molecule has 2 rings (SSSR count). The SMILES string of the molecule is CC1(C)CCC(Cn2cnc(CCN)c2)O1. The lowest BCUT2D eigenvalue weighted by Gasteiger charge is -2.19. The first-order valence-corrected chi connectivity index (χ1v) is 5.97. The van der Waals surface area contributed by atoms with Gasteiger partial charge in [-0.1, -0.05) is 0 Å². The molecule has 16 heavy (non-hydrogen) atoms. The molecule has 90 valence electrons. The fourth-order valence-corrected chi connectivity index (χ4v) is 2.22. The van der Waals surface area contributed by atoms with E-state index in [1.165, 1.54) is 0 Å². The van der Waals surface area contributed by atoms with Gasteiger partial charge in [0.15, 0.2) is 0 Å². The van der Waals surface area contributed by atoms with E-state index in [9.17, 15) is 0 Å². The number of ether oxygens (including phenoxy) is 1. The van der Waals surface area contributed by atoms with Gasteiger partial charge in [-0.15, -0.1) is 0 Å². The van der Waals surface area contributed by atoms with E-state index in [-0.39, 0.29) is 5.60 Å². The molecular formula is C12H21N3O. The molecule has 4 heteroatoms. The Hall–Kier alpha value is -0.870. The van der Waals surface area contributed by atoms with Crippen LogP contribution >= 0.6 is 0 Å². The first kappa shape index (κ1) is 11.6. The molecule has 1 saturated heterocycles. The summed E-state index contributed by atoms with van der Waals surface area (Å²) in [5.74, 6) is 0. The molecule has 1 atom stereocenters. The second kappa shape index (κ2) is 4.55. The van der Waals surface area contributed by atoms with Gasteiger partial charge in [-0.3, -0.25) is 0 Å². The summed E-state index contributed by atoms with van der Waals surface area (Å²) in [5, 5.41) is 0. The first-order valence-electron chi connectivity index (χ1n) is 5.97. The number of hydrogen-bond donors (Lipinski definition) is 1. The van der Waals surface area contributed by atoms with Crippen LogP contribution in [0.5, 0.6) is 0 Å². The Morgan fingerprint density at radius 1 is 1.62 bits per heavy atom. The molecule has 4 nitrogen and oxygen atoms in total. The van der Waals surface area contributed by atoms with E-state index < -0.39 is 0 Å². The lowest BCUT2D eigenvalue weighted by Crippen LogP contribution is -2.22. The van der Waals surface area contributed by atoms with Gasteiger partial charge in [0.2, 0.25) is 0 Å². The van der Waals surface area contributed by atoms with E-state index in [4.69, 9.17) is 10.5 Å². The van der Waals surface area contributed by atoms with Crippen LogP contribution in [0.15, 0.2) is 12.5 Å². The third-order valence-corrected chi connectivity index (χ3v) is 3.06. The van der Waals surface area contributed by atoms with Crippen LogP contribution < -0.4 is 5.73 Å². The monoisotopic (exact) mass is 223 g/mol. The van der Waals surface area contributed by atoms with Gasteiger partial charge in [0.25, 0.3) is 0 Å². The maximum atomic E-state index is 5.95. The summed E-state index contributed by atoms with van der Waals surface area (Å²) in [6.45, 7) is 5.87. The topological polar surface area (TPSA) is 53.1 Å². The van der Waals surface area contributed by atoms with E-state index in [0.717, 1.165) is 31.5 Å². The van der Waals surface area contributed by atoms with Crippen LogP contribution in [0.25, 0.3) is 0 Å². The van der Waals surface area contributed by atoms with Crippen molar-refractivity contribution in [2.75, 3.05) is 6.54 Å². The summed E-state index contributed by atoms with van der Waals surface area (Å²) in [5.41, 5.74) is 6.61. The van der Waals surface area contributed by atoms with Gasteiger partial charge in [0, 0.05) is 19.2 Å². The van der Waals surface area contributed by atoms with Gasteiger partial charge in [-0.05, 0) is 33.2 Å². The number of aromatic nitrogens is 2. The zero-order chi connectivity index (χ0) is 11.6. The third-order valence-electron chi connectivity index (χ3n) is 3.06. The van der Waals surface area contributed by atoms with Gasteiger partial charge < -0.3 is 15.0 Å². The minimum absolute atomic E-state index is 0.0470. The minimum atomic E-state index is 0.0470. The Labute approximate surface area is 96.8 Å². The maximum Gasteiger partial charge on any atom is 0.0950 e. The molecule has 0 saturated carbocycles. The number of nitrogens with zero attached hydrogens (tertiary/aromatic N) is 2. The molecule has 1 aliphatic heterocycles. The Balaban J connectivity index is 1.89. The van der Waals surface area contributed by atoms with Crippen molar-refractivity contribution in [3.63, 3.8) is 0 Å². The molecule has 0 bridgehead atoms. The molecule has 0 radical (unpaired) electrons. The van der Waals surface area contributed by atoms with Crippen molar-refractivity contribution in [3.8, 4) is 0 Å². The van der Waals surface area contributed by atoms with Gasteiger partial charge in [-0.2, -0.15) is 0 Å². The summed E-state index contributed by atoms with van der Waals surface area (Å²) in [6.07, 6.45) is 7.40. The van der Waals surface area contributed by atoms with Crippen molar-refractivity contribution in [1.82, 2.24) is 9.55 Å². The maximum absolute atomic E-state index is 5.95. The highest BCUT2D eigenvalue weighted by atomic mass is 16.5. The first-order chi connectivity index (χ1) is 7.59. The molecule has 1 unspecified atom stereocenters. The standard InChI is InChI=1S/C12H21N3O/c1-12(2)5-3-11(16-12)8-15-7-10(4-6-13)14-9-15/h7,9,11H,3-6,8,13H2,1-2H3. The second-order valence-electron chi connectivity index (χ2n) is 5.14.